The Bertz CT molecular complexity index is 936. The van der Waals surface area contributed by atoms with Crippen molar-refractivity contribution in [3.63, 3.8) is 0 Å². The highest BCUT2D eigenvalue weighted by Gasteiger charge is 2.53. The fourth-order valence-corrected chi connectivity index (χ4v) is 4.67. The number of Topliss-reactive ketones (excluding diaryl/α,β-unsaturated/α-hetero) is 2. The minimum Gasteiger partial charge on any atom is -0.497 e. The summed E-state index contributed by atoms with van der Waals surface area (Å²) in [7, 11) is 0. The van der Waals surface area contributed by atoms with Gasteiger partial charge in [0.25, 0.3) is 0 Å². The highest BCUT2D eigenvalue weighted by atomic mass is 16.5. The van der Waals surface area contributed by atoms with Crippen molar-refractivity contribution >= 4 is 11.6 Å². The fraction of sp³-hybridized carbons (Fsp3) is 0.308. The first-order chi connectivity index (χ1) is 13.9. The van der Waals surface area contributed by atoms with Gasteiger partial charge in [-0.25, -0.2) is 0 Å². The molecular weight excluding hydrogens is 360 g/mol. The molecule has 0 saturated heterocycles. The van der Waals surface area contributed by atoms with E-state index < -0.39 is 5.41 Å². The number of carbonyl (C=O) groups is 2. The predicted molar refractivity (Wildman–Crippen MR) is 113 cm³/mol. The van der Waals surface area contributed by atoms with Crippen LogP contribution in [0.15, 0.2) is 83.6 Å². The van der Waals surface area contributed by atoms with Gasteiger partial charge in [-0.15, -0.1) is 0 Å². The number of ether oxygens (including phenoxy) is 1. The van der Waals surface area contributed by atoms with Gasteiger partial charge in [0.15, 0.2) is 11.6 Å². The van der Waals surface area contributed by atoms with Gasteiger partial charge in [0.2, 0.25) is 0 Å². The average Bonchev–Trinajstić information content (AvgIpc) is 2.74. The van der Waals surface area contributed by atoms with Crippen LogP contribution < -0.4 is 0 Å². The second-order valence-corrected chi connectivity index (χ2v) is 8.27. The lowest BCUT2D eigenvalue weighted by Gasteiger charge is -2.41. The Morgan fingerprint density at radius 3 is 1.86 bits per heavy atom. The molecule has 2 atom stereocenters. The number of carbonyl (C=O) groups excluding carboxylic acids is 2. The Hall–Kier alpha value is -2.94. The van der Waals surface area contributed by atoms with E-state index in [1.807, 2.05) is 81.4 Å². The summed E-state index contributed by atoms with van der Waals surface area (Å²) in [4.78, 5) is 27.7. The van der Waals surface area contributed by atoms with E-state index in [4.69, 9.17) is 4.74 Å². The van der Waals surface area contributed by atoms with Crippen molar-refractivity contribution in [1.82, 2.24) is 0 Å². The van der Waals surface area contributed by atoms with E-state index >= 15 is 0 Å². The Morgan fingerprint density at radius 1 is 0.828 bits per heavy atom. The normalized spacial score (nSPS) is 23.3. The van der Waals surface area contributed by atoms with Gasteiger partial charge in [-0.3, -0.25) is 9.59 Å². The van der Waals surface area contributed by atoms with Crippen LogP contribution in [-0.4, -0.2) is 17.7 Å². The lowest BCUT2D eigenvalue weighted by atomic mass is 9.60. The van der Waals surface area contributed by atoms with Gasteiger partial charge in [-0.2, -0.15) is 0 Å². The molecule has 0 bridgehead atoms. The summed E-state index contributed by atoms with van der Waals surface area (Å²) in [6.07, 6.45) is 2.29. The number of rotatable bonds is 4. The molecule has 2 aromatic carbocycles. The topological polar surface area (TPSA) is 43.4 Å². The van der Waals surface area contributed by atoms with Crippen molar-refractivity contribution in [3.05, 3.63) is 94.8 Å². The first-order valence-corrected chi connectivity index (χ1v) is 10.2. The second kappa shape index (κ2) is 7.47. The summed E-state index contributed by atoms with van der Waals surface area (Å²) in [5.41, 5.74) is 2.95. The molecule has 4 rings (SSSR count). The van der Waals surface area contributed by atoms with Gasteiger partial charge in [-0.1, -0.05) is 67.6 Å². The third-order valence-electron chi connectivity index (χ3n) is 6.41. The largest absolute Gasteiger partial charge is 0.497 e. The number of benzene rings is 2. The molecule has 3 heteroatoms. The second-order valence-electron chi connectivity index (χ2n) is 8.27. The van der Waals surface area contributed by atoms with Crippen LogP contribution in [-0.2, 0) is 27.2 Å². The van der Waals surface area contributed by atoms with Crippen molar-refractivity contribution in [2.45, 2.75) is 39.7 Å². The molecule has 0 N–H and O–H groups in total. The quantitative estimate of drug-likeness (QED) is 0.705. The molecule has 3 nitrogen and oxygen atoms in total. The maximum Gasteiger partial charge on any atom is 0.180 e. The molecular formula is C26H26O3. The molecule has 2 aromatic rings. The molecule has 0 spiro atoms. The third kappa shape index (κ3) is 3.25. The number of allylic oxidation sites excluding steroid dienone is 2. The van der Waals surface area contributed by atoms with E-state index in [-0.39, 0.29) is 23.6 Å². The molecule has 0 amide bonds. The SMILES string of the molecule is CC1=C2C(=CO[C@@H](C)[C@@H]2C)C(=O)C(Cc2ccccc2)(Cc2ccccc2)C1=O. The van der Waals surface area contributed by atoms with Crippen LogP contribution in [0.4, 0.5) is 0 Å². The van der Waals surface area contributed by atoms with E-state index in [1.165, 1.54) is 0 Å². The molecule has 2 aliphatic rings. The van der Waals surface area contributed by atoms with Gasteiger partial charge >= 0.3 is 0 Å². The molecule has 148 valence electrons. The Balaban J connectivity index is 1.87. The van der Waals surface area contributed by atoms with Crippen molar-refractivity contribution < 1.29 is 14.3 Å². The number of fused-ring (bicyclic) bond motifs is 1. The van der Waals surface area contributed by atoms with Crippen LogP contribution in [0.3, 0.4) is 0 Å². The first-order valence-electron chi connectivity index (χ1n) is 10.2. The van der Waals surface area contributed by atoms with Crippen LogP contribution in [0.5, 0.6) is 0 Å². The van der Waals surface area contributed by atoms with Crippen molar-refractivity contribution in [2.24, 2.45) is 11.3 Å². The summed E-state index contributed by atoms with van der Waals surface area (Å²) in [6.45, 7) is 5.87. The first kappa shape index (κ1) is 19.4. The molecule has 0 saturated carbocycles. The Labute approximate surface area is 172 Å². The van der Waals surface area contributed by atoms with Gasteiger partial charge < -0.3 is 4.74 Å². The summed E-state index contributed by atoms with van der Waals surface area (Å²) >= 11 is 0. The monoisotopic (exact) mass is 386 g/mol. The minimum atomic E-state index is -1.15. The van der Waals surface area contributed by atoms with Gasteiger partial charge in [0.1, 0.15) is 11.5 Å². The van der Waals surface area contributed by atoms with Crippen molar-refractivity contribution in [1.29, 1.82) is 0 Å². The molecule has 1 aliphatic heterocycles. The molecule has 1 aliphatic carbocycles. The fourth-order valence-electron chi connectivity index (χ4n) is 4.67. The Morgan fingerprint density at radius 2 is 1.34 bits per heavy atom. The van der Waals surface area contributed by atoms with Gasteiger partial charge in [0, 0.05) is 5.92 Å². The molecule has 0 unspecified atom stereocenters. The Kier molecular flexibility index (Phi) is 4.99. The van der Waals surface area contributed by atoms with Gasteiger partial charge in [0.05, 0.1) is 11.8 Å². The summed E-state index contributed by atoms with van der Waals surface area (Å²) in [6, 6.07) is 19.6. The average molecular weight is 386 g/mol. The summed E-state index contributed by atoms with van der Waals surface area (Å²) in [5.74, 6) is -0.160. The van der Waals surface area contributed by atoms with Crippen molar-refractivity contribution in [3.8, 4) is 0 Å². The standard InChI is InChI=1S/C26H26O3/c1-17-19(3)29-16-22-23(17)18(2)24(27)26(25(22)28,14-20-10-6-4-7-11-20)15-21-12-8-5-9-13-21/h4-13,16-17,19H,14-15H2,1-3H3/t17-,19-/m0/s1. The minimum absolute atomic E-state index is 0.00866. The van der Waals surface area contributed by atoms with Crippen LogP contribution in [0.2, 0.25) is 0 Å². The zero-order valence-electron chi connectivity index (χ0n) is 17.1. The van der Waals surface area contributed by atoms with E-state index in [1.54, 1.807) is 6.26 Å². The summed E-state index contributed by atoms with van der Waals surface area (Å²) in [5, 5.41) is 0. The lowest BCUT2D eigenvalue weighted by molar-refractivity contribution is -0.137. The number of hydrogen-bond acceptors (Lipinski definition) is 3. The van der Waals surface area contributed by atoms with Crippen LogP contribution in [0, 0.1) is 11.3 Å². The zero-order valence-corrected chi connectivity index (χ0v) is 17.1. The predicted octanol–water partition coefficient (Wildman–Crippen LogP) is 4.87. The highest BCUT2D eigenvalue weighted by molar-refractivity contribution is 6.25. The number of ketones is 2. The maximum absolute atomic E-state index is 13.9. The smallest absolute Gasteiger partial charge is 0.180 e. The van der Waals surface area contributed by atoms with Crippen LogP contribution >= 0.6 is 0 Å². The highest BCUT2D eigenvalue weighted by Crippen LogP contribution is 2.46. The van der Waals surface area contributed by atoms with E-state index in [0.29, 0.717) is 24.0 Å². The molecule has 0 radical (unpaired) electrons. The molecule has 0 aromatic heterocycles. The zero-order chi connectivity index (χ0) is 20.6. The maximum atomic E-state index is 13.9. The third-order valence-corrected chi connectivity index (χ3v) is 6.41. The molecule has 29 heavy (non-hydrogen) atoms. The van der Waals surface area contributed by atoms with Crippen LogP contribution in [0.25, 0.3) is 0 Å². The lowest BCUT2D eigenvalue weighted by Crippen LogP contribution is -2.50. The van der Waals surface area contributed by atoms with E-state index in [0.717, 1.165) is 16.7 Å². The number of hydrogen-bond donors (Lipinski definition) is 0. The van der Waals surface area contributed by atoms with E-state index in [9.17, 15) is 9.59 Å². The van der Waals surface area contributed by atoms with Crippen molar-refractivity contribution in [2.75, 3.05) is 0 Å². The summed E-state index contributed by atoms with van der Waals surface area (Å²) < 4.78 is 5.78. The van der Waals surface area contributed by atoms with E-state index in [2.05, 4.69) is 0 Å². The molecule has 0 fully saturated rings. The van der Waals surface area contributed by atoms with Crippen LogP contribution in [0.1, 0.15) is 31.9 Å². The molecule has 1 heterocycles. The van der Waals surface area contributed by atoms with Gasteiger partial charge in [-0.05, 0) is 49.0 Å².